The predicted octanol–water partition coefficient (Wildman–Crippen LogP) is 9.31. The van der Waals surface area contributed by atoms with Gasteiger partial charge in [0, 0.05) is 39.1 Å². The average Bonchev–Trinajstić information content (AvgIpc) is 3.45. The van der Waals surface area contributed by atoms with E-state index in [1.165, 1.54) is 6.07 Å². The zero-order valence-corrected chi connectivity index (χ0v) is 31.1. The Morgan fingerprint density at radius 3 is 2.10 bits per heavy atom. The first kappa shape index (κ1) is 35.6. The highest BCUT2D eigenvalue weighted by atomic mass is 19.1. The van der Waals surface area contributed by atoms with Crippen molar-refractivity contribution in [2.45, 2.75) is 92.8 Å². The van der Waals surface area contributed by atoms with Crippen molar-refractivity contribution in [1.82, 2.24) is 14.6 Å². The van der Waals surface area contributed by atoms with Crippen LogP contribution in [-0.2, 0) is 27.1 Å². The van der Waals surface area contributed by atoms with Crippen molar-refractivity contribution >= 4 is 11.6 Å². The van der Waals surface area contributed by atoms with Crippen molar-refractivity contribution in [1.29, 1.82) is 0 Å². The van der Waals surface area contributed by atoms with Crippen molar-refractivity contribution < 1.29 is 32.5 Å². The van der Waals surface area contributed by atoms with Gasteiger partial charge in [0.1, 0.15) is 0 Å². The van der Waals surface area contributed by atoms with Crippen molar-refractivity contribution in [2.24, 2.45) is 0 Å². The summed E-state index contributed by atoms with van der Waals surface area (Å²) in [6.45, 7) is 16.2. The fraction of sp³-hybridized carbons (Fsp3) is 0.405. The number of nitrogens with zero attached hydrogens (tertiary/aromatic N) is 3. The van der Waals surface area contributed by atoms with Crippen LogP contribution in [0.1, 0.15) is 85.7 Å². The minimum absolute atomic E-state index is 0.152. The highest BCUT2D eigenvalue weighted by Gasteiger charge is 2.36. The third-order valence-corrected chi connectivity index (χ3v) is 10.0. The molecule has 0 saturated carbocycles. The molecule has 2 aliphatic rings. The minimum Gasteiger partial charge on any atom is -0.490 e. The monoisotopic (exact) mass is 709 g/mol. The summed E-state index contributed by atoms with van der Waals surface area (Å²) in [6.07, 6.45) is 1.83. The van der Waals surface area contributed by atoms with Gasteiger partial charge in [-0.05, 0) is 122 Å². The van der Waals surface area contributed by atoms with Crippen LogP contribution < -0.4 is 9.47 Å². The highest BCUT2D eigenvalue weighted by Crippen LogP contribution is 2.44. The number of esters is 1. The summed E-state index contributed by atoms with van der Waals surface area (Å²) in [4.78, 5) is 18.8. The molecule has 2 aromatic heterocycles. The normalized spacial score (nSPS) is 14.7. The topological polar surface area (TPSA) is 84.2 Å². The molecule has 7 rings (SSSR count). The van der Waals surface area contributed by atoms with Gasteiger partial charge in [-0.25, -0.2) is 23.1 Å². The molecule has 4 heterocycles. The number of aryl methyl sites for hydroxylation is 2. The largest absolute Gasteiger partial charge is 0.490 e. The number of fused-ring (bicyclic) bond motifs is 3. The number of rotatable bonds is 7. The Morgan fingerprint density at radius 1 is 0.885 bits per heavy atom. The Bertz CT molecular complexity index is 2240. The number of carbonyl (C=O) groups excluding carboxylic acids is 1. The van der Waals surface area contributed by atoms with E-state index in [-0.39, 0.29) is 18.2 Å². The van der Waals surface area contributed by atoms with Crippen molar-refractivity contribution in [3.8, 4) is 45.1 Å². The van der Waals surface area contributed by atoms with Gasteiger partial charge in [-0.1, -0.05) is 18.2 Å². The summed E-state index contributed by atoms with van der Waals surface area (Å²) in [5.41, 5.74) is 9.22. The Hall–Kier alpha value is -4.83. The first-order valence-corrected chi connectivity index (χ1v) is 18.0. The van der Waals surface area contributed by atoms with Crippen LogP contribution in [0, 0.1) is 39.3 Å². The summed E-state index contributed by atoms with van der Waals surface area (Å²) in [6, 6.07) is 10.9. The maximum Gasteiger partial charge on any atom is 0.340 e. The van der Waals surface area contributed by atoms with Crippen LogP contribution in [0.4, 0.5) is 8.78 Å². The van der Waals surface area contributed by atoms with Crippen LogP contribution in [0.25, 0.3) is 39.3 Å². The second kappa shape index (κ2) is 13.6. The molecule has 3 aromatic carbocycles. The van der Waals surface area contributed by atoms with Crippen molar-refractivity contribution in [3.63, 3.8) is 0 Å². The third kappa shape index (κ3) is 6.21. The van der Waals surface area contributed by atoms with E-state index in [9.17, 15) is 4.79 Å². The lowest BCUT2D eigenvalue weighted by atomic mass is 9.90. The molecule has 10 heteroatoms. The van der Waals surface area contributed by atoms with Crippen molar-refractivity contribution in [2.75, 3.05) is 19.8 Å². The van der Waals surface area contributed by atoms with E-state index in [0.717, 1.165) is 63.8 Å². The molecule has 0 bridgehead atoms. The van der Waals surface area contributed by atoms with Gasteiger partial charge in [0.25, 0.3) is 0 Å². The molecule has 1 atom stereocenters. The Morgan fingerprint density at radius 2 is 1.48 bits per heavy atom. The van der Waals surface area contributed by atoms with Gasteiger partial charge in [-0.2, -0.15) is 5.10 Å². The lowest BCUT2D eigenvalue weighted by Gasteiger charge is -2.29. The van der Waals surface area contributed by atoms with E-state index >= 15 is 8.78 Å². The minimum atomic E-state index is -1.18. The summed E-state index contributed by atoms with van der Waals surface area (Å²) in [5.74, 6) is -0.811. The van der Waals surface area contributed by atoms with Gasteiger partial charge in [0.15, 0.2) is 34.9 Å². The van der Waals surface area contributed by atoms with Crippen LogP contribution in [0.15, 0.2) is 36.4 Å². The van der Waals surface area contributed by atoms with Crippen LogP contribution in [0.5, 0.6) is 11.5 Å². The molecule has 5 aromatic rings. The van der Waals surface area contributed by atoms with Gasteiger partial charge in [0.05, 0.1) is 36.8 Å². The Balaban J connectivity index is 1.49. The fourth-order valence-corrected chi connectivity index (χ4v) is 7.62. The molecule has 0 radical (unpaired) electrons. The summed E-state index contributed by atoms with van der Waals surface area (Å²) in [5, 5.41) is 5.17. The predicted molar refractivity (Wildman–Crippen MR) is 196 cm³/mol. The van der Waals surface area contributed by atoms with E-state index in [1.807, 2.05) is 72.7 Å². The van der Waals surface area contributed by atoms with Crippen LogP contribution in [0.2, 0.25) is 0 Å². The van der Waals surface area contributed by atoms with Gasteiger partial charge >= 0.3 is 5.97 Å². The number of hydrogen-bond donors (Lipinski definition) is 0. The highest BCUT2D eigenvalue weighted by molar-refractivity contribution is 5.85. The van der Waals surface area contributed by atoms with Gasteiger partial charge in [0.2, 0.25) is 0 Å². The Kier molecular flexibility index (Phi) is 9.31. The van der Waals surface area contributed by atoms with Gasteiger partial charge in [-0.15, -0.1) is 0 Å². The van der Waals surface area contributed by atoms with E-state index in [2.05, 4.69) is 0 Å². The maximum atomic E-state index is 16.0. The quantitative estimate of drug-likeness (QED) is 0.156. The molecule has 52 heavy (non-hydrogen) atoms. The average molecular weight is 710 g/mol. The van der Waals surface area contributed by atoms with Gasteiger partial charge in [-0.3, -0.25) is 0 Å². The molecule has 272 valence electrons. The maximum absolute atomic E-state index is 16.0. The first-order chi connectivity index (χ1) is 24.8. The number of hydrogen-bond acceptors (Lipinski definition) is 7. The SMILES string of the molecule is CCOC(=O)[C@@H](OC(C)(C)C)c1c(C)nc2c(C)c(-c3cccc(-c4cc(F)c5c(c4C)CCCO5)c3)nn2c1-c1cc(F)c2c(c1C)CCCO2. The van der Waals surface area contributed by atoms with E-state index in [0.29, 0.717) is 59.2 Å². The lowest BCUT2D eigenvalue weighted by molar-refractivity contribution is -0.166. The summed E-state index contributed by atoms with van der Waals surface area (Å²) >= 11 is 0. The second-order valence-corrected chi connectivity index (χ2v) is 14.7. The van der Waals surface area contributed by atoms with Crippen LogP contribution in [-0.4, -0.2) is 46.0 Å². The number of carbonyl (C=O) groups is 1. The summed E-state index contributed by atoms with van der Waals surface area (Å²) in [7, 11) is 0. The molecular formula is C42H45F2N3O5. The number of ether oxygens (including phenoxy) is 4. The smallest absolute Gasteiger partial charge is 0.340 e. The molecule has 0 unspecified atom stereocenters. The number of aromatic nitrogens is 3. The van der Waals surface area contributed by atoms with E-state index in [1.54, 1.807) is 17.5 Å². The third-order valence-electron chi connectivity index (χ3n) is 10.0. The molecule has 0 fully saturated rings. The lowest BCUT2D eigenvalue weighted by Crippen LogP contribution is -2.30. The van der Waals surface area contributed by atoms with Gasteiger partial charge < -0.3 is 18.9 Å². The zero-order valence-electron chi connectivity index (χ0n) is 31.1. The molecule has 8 nitrogen and oxygen atoms in total. The standard InChI is InChI=1S/C42H45F2N3O5/c1-9-49-41(48)39(52-42(6,7)8)34-25(5)45-40-24(4)35(46-47(40)36(34)31-21-33(44)38-29(23(31)3)16-12-18-51-38)27-14-10-13-26(19-27)30-20-32(43)37-28(22(30)2)15-11-17-50-37/h10,13-14,19-21,39H,9,11-12,15-18H2,1-8H3/t39-/m0/s1. The van der Waals surface area contributed by atoms with E-state index < -0.39 is 23.5 Å². The molecule has 0 aliphatic carbocycles. The van der Waals surface area contributed by atoms with Crippen LogP contribution >= 0.6 is 0 Å². The Labute approximate surface area is 303 Å². The fourth-order valence-electron chi connectivity index (χ4n) is 7.62. The molecule has 0 saturated heterocycles. The molecule has 2 aliphatic heterocycles. The second-order valence-electron chi connectivity index (χ2n) is 14.7. The molecule has 0 N–H and O–H groups in total. The molecule has 0 amide bonds. The molecule has 0 spiro atoms. The molecular weight excluding hydrogens is 664 g/mol. The zero-order chi connectivity index (χ0) is 37.1. The van der Waals surface area contributed by atoms with Crippen molar-refractivity contribution in [3.05, 3.63) is 87.1 Å². The number of halogens is 2. The van der Waals surface area contributed by atoms with E-state index in [4.69, 9.17) is 29.0 Å². The first-order valence-electron chi connectivity index (χ1n) is 18.0. The van der Waals surface area contributed by atoms with Crippen LogP contribution in [0.3, 0.4) is 0 Å². The number of benzene rings is 3. The summed E-state index contributed by atoms with van der Waals surface area (Å²) < 4.78 is 56.5.